The Balaban J connectivity index is 1.41. The Hall–Kier alpha value is -3.69. The second kappa shape index (κ2) is 9.66. The first kappa shape index (κ1) is 22.1. The summed E-state index contributed by atoms with van der Waals surface area (Å²) < 4.78 is 1.44. The van der Waals surface area contributed by atoms with Gasteiger partial charge in [0.1, 0.15) is 0 Å². The third-order valence-electron chi connectivity index (χ3n) is 5.34. The van der Waals surface area contributed by atoms with E-state index in [9.17, 15) is 4.79 Å². The zero-order valence-corrected chi connectivity index (χ0v) is 20.1. The fourth-order valence-electron chi connectivity index (χ4n) is 3.57. The van der Waals surface area contributed by atoms with E-state index in [0.717, 1.165) is 32.6 Å². The predicted octanol–water partition coefficient (Wildman–Crippen LogP) is 4.65. The summed E-state index contributed by atoms with van der Waals surface area (Å²) in [4.78, 5) is 18.2. The molecule has 2 aromatic carbocycles. The van der Waals surface area contributed by atoms with Gasteiger partial charge in [0.05, 0.1) is 23.5 Å². The number of benzene rings is 2. The highest BCUT2D eigenvalue weighted by atomic mass is 32.2. The number of amides is 1. The molecule has 5 rings (SSSR count). The lowest BCUT2D eigenvalue weighted by Crippen LogP contribution is -2.24. The van der Waals surface area contributed by atoms with Gasteiger partial charge in [0.2, 0.25) is 11.1 Å². The summed E-state index contributed by atoms with van der Waals surface area (Å²) in [5.41, 5.74) is 4.72. The van der Waals surface area contributed by atoms with Gasteiger partial charge in [-0.25, -0.2) is 9.66 Å². The first-order chi connectivity index (χ1) is 16.6. The molecule has 7 nitrogen and oxygen atoms in total. The van der Waals surface area contributed by atoms with Crippen LogP contribution in [0.2, 0.25) is 0 Å². The van der Waals surface area contributed by atoms with Gasteiger partial charge in [-0.05, 0) is 30.5 Å². The molecular formula is C25H22N6OS2. The lowest BCUT2D eigenvalue weighted by atomic mass is 10.0. The summed E-state index contributed by atoms with van der Waals surface area (Å²) in [6, 6.07) is 22.1. The van der Waals surface area contributed by atoms with E-state index in [-0.39, 0.29) is 11.7 Å². The SMILES string of the molecule is Cc1ccc(-c2cc(-c3nnc(SCC(=O)NCc4cccs4)n3N)c3ccccc3n2)cc1. The van der Waals surface area contributed by atoms with Crippen molar-refractivity contribution in [1.82, 2.24) is 25.2 Å². The van der Waals surface area contributed by atoms with E-state index in [1.54, 1.807) is 11.3 Å². The number of nitrogen functional groups attached to an aromatic ring is 1. The number of rotatable bonds is 7. The molecule has 0 radical (unpaired) electrons. The van der Waals surface area contributed by atoms with Crippen molar-refractivity contribution in [2.45, 2.75) is 18.6 Å². The second-order valence-corrected chi connectivity index (χ2v) is 9.73. The average Bonchev–Trinajstić information content (AvgIpc) is 3.51. The highest BCUT2D eigenvalue weighted by molar-refractivity contribution is 7.99. The Labute approximate surface area is 205 Å². The average molecular weight is 487 g/mol. The zero-order valence-electron chi connectivity index (χ0n) is 18.4. The van der Waals surface area contributed by atoms with Crippen molar-refractivity contribution in [2.75, 3.05) is 11.6 Å². The van der Waals surface area contributed by atoms with E-state index in [2.05, 4.69) is 46.7 Å². The molecule has 3 N–H and O–H groups in total. The van der Waals surface area contributed by atoms with E-state index >= 15 is 0 Å². The summed E-state index contributed by atoms with van der Waals surface area (Å²) in [6.45, 7) is 2.57. The lowest BCUT2D eigenvalue weighted by molar-refractivity contribution is -0.118. The molecule has 0 atom stereocenters. The van der Waals surface area contributed by atoms with Crippen molar-refractivity contribution < 1.29 is 4.79 Å². The van der Waals surface area contributed by atoms with Crippen molar-refractivity contribution in [1.29, 1.82) is 0 Å². The normalized spacial score (nSPS) is 11.1. The van der Waals surface area contributed by atoms with E-state index in [0.29, 0.717) is 17.5 Å². The molecule has 0 bridgehead atoms. The van der Waals surface area contributed by atoms with Gasteiger partial charge in [-0.2, -0.15) is 0 Å². The van der Waals surface area contributed by atoms with Crippen molar-refractivity contribution in [3.8, 4) is 22.6 Å². The summed E-state index contributed by atoms with van der Waals surface area (Å²) in [7, 11) is 0. The lowest BCUT2D eigenvalue weighted by Gasteiger charge is -2.10. The molecule has 0 saturated heterocycles. The molecule has 0 saturated carbocycles. The molecule has 0 spiro atoms. The van der Waals surface area contributed by atoms with Gasteiger partial charge in [-0.15, -0.1) is 21.5 Å². The number of nitrogens with two attached hydrogens (primary N) is 1. The molecule has 0 fully saturated rings. The van der Waals surface area contributed by atoms with Crippen LogP contribution in [-0.2, 0) is 11.3 Å². The summed E-state index contributed by atoms with van der Waals surface area (Å²) in [5.74, 6) is 7.03. The zero-order chi connectivity index (χ0) is 23.5. The van der Waals surface area contributed by atoms with Gasteiger partial charge < -0.3 is 11.2 Å². The van der Waals surface area contributed by atoms with Crippen LogP contribution < -0.4 is 11.2 Å². The summed E-state index contributed by atoms with van der Waals surface area (Å²) in [5, 5.41) is 14.9. The maximum absolute atomic E-state index is 12.3. The van der Waals surface area contributed by atoms with Crippen LogP contribution in [0.3, 0.4) is 0 Å². The van der Waals surface area contributed by atoms with E-state index in [1.165, 1.54) is 22.0 Å². The molecular weight excluding hydrogens is 464 g/mol. The Morgan fingerprint density at radius 3 is 2.71 bits per heavy atom. The van der Waals surface area contributed by atoms with Crippen LogP contribution in [0.25, 0.3) is 33.5 Å². The van der Waals surface area contributed by atoms with Crippen LogP contribution >= 0.6 is 23.1 Å². The molecule has 5 aromatic rings. The number of carbonyl (C=O) groups excluding carboxylic acids is 1. The molecule has 3 heterocycles. The Bertz CT molecular complexity index is 1440. The van der Waals surface area contributed by atoms with Crippen molar-refractivity contribution >= 4 is 39.9 Å². The fraction of sp³-hybridized carbons (Fsp3) is 0.120. The maximum Gasteiger partial charge on any atom is 0.230 e. The minimum atomic E-state index is -0.0843. The van der Waals surface area contributed by atoms with Crippen LogP contribution in [0.4, 0.5) is 0 Å². The van der Waals surface area contributed by atoms with Crippen molar-refractivity contribution in [3.63, 3.8) is 0 Å². The standard InChI is InChI=1S/C25H22N6OS2/c1-16-8-10-17(11-9-16)22-13-20(19-6-2-3-7-21(19)28-22)24-29-30-25(31(24)26)34-15-23(32)27-14-18-5-4-12-33-18/h2-13H,14-15,26H2,1H3,(H,27,32). The number of thiophene rings is 1. The van der Waals surface area contributed by atoms with Crippen LogP contribution in [0.15, 0.2) is 77.3 Å². The number of hydrogen-bond donors (Lipinski definition) is 2. The molecule has 0 aliphatic rings. The Kier molecular flexibility index (Phi) is 6.29. The van der Waals surface area contributed by atoms with Gasteiger partial charge >= 0.3 is 0 Å². The second-order valence-electron chi connectivity index (χ2n) is 7.76. The van der Waals surface area contributed by atoms with Crippen LogP contribution in [-0.4, -0.2) is 31.5 Å². The van der Waals surface area contributed by atoms with Gasteiger partial charge in [-0.3, -0.25) is 4.79 Å². The smallest absolute Gasteiger partial charge is 0.230 e. The number of hydrogen-bond acceptors (Lipinski definition) is 7. The number of nitrogens with zero attached hydrogens (tertiary/aromatic N) is 4. The van der Waals surface area contributed by atoms with Gasteiger partial charge in [0.25, 0.3) is 0 Å². The number of nitrogens with one attached hydrogen (secondary N) is 1. The van der Waals surface area contributed by atoms with E-state index in [4.69, 9.17) is 10.8 Å². The fourth-order valence-corrected chi connectivity index (χ4v) is 4.90. The molecule has 34 heavy (non-hydrogen) atoms. The minimum absolute atomic E-state index is 0.0843. The summed E-state index contributed by atoms with van der Waals surface area (Å²) in [6.07, 6.45) is 0. The number of aromatic nitrogens is 4. The van der Waals surface area contributed by atoms with Crippen LogP contribution in [0, 0.1) is 6.92 Å². The number of fused-ring (bicyclic) bond motifs is 1. The third kappa shape index (κ3) is 4.66. The first-order valence-electron chi connectivity index (χ1n) is 10.7. The predicted molar refractivity (Wildman–Crippen MR) is 138 cm³/mol. The monoisotopic (exact) mass is 486 g/mol. The number of aryl methyl sites for hydroxylation is 1. The first-order valence-corrected chi connectivity index (χ1v) is 12.5. The Morgan fingerprint density at radius 2 is 1.91 bits per heavy atom. The van der Waals surface area contributed by atoms with Crippen molar-refractivity contribution in [3.05, 3.63) is 82.6 Å². The van der Waals surface area contributed by atoms with Crippen molar-refractivity contribution in [2.24, 2.45) is 0 Å². The van der Waals surface area contributed by atoms with Crippen LogP contribution in [0.1, 0.15) is 10.4 Å². The minimum Gasteiger partial charge on any atom is -0.350 e. The van der Waals surface area contributed by atoms with Crippen LogP contribution in [0.5, 0.6) is 0 Å². The molecule has 0 aliphatic heterocycles. The quantitative estimate of drug-likeness (QED) is 0.257. The third-order valence-corrected chi connectivity index (χ3v) is 7.16. The molecule has 0 aliphatic carbocycles. The highest BCUT2D eigenvalue weighted by Crippen LogP contribution is 2.32. The number of thioether (sulfide) groups is 1. The molecule has 3 aromatic heterocycles. The molecule has 170 valence electrons. The number of para-hydroxylation sites is 1. The highest BCUT2D eigenvalue weighted by Gasteiger charge is 2.18. The van der Waals surface area contributed by atoms with Gasteiger partial charge in [-0.1, -0.05) is 65.9 Å². The molecule has 1 amide bonds. The van der Waals surface area contributed by atoms with E-state index in [1.807, 2.05) is 47.8 Å². The molecule has 0 unspecified atom stereocenters. The van der Waals surface area contributed by atoms with E-state index < -0.39 is 0 Å². The number of pyridine rings is 1. The van der Waals surface area contributed by atoms with Gasteiger partial charge in [0, 0.05) is 21.4 Å². The van der Waals surface area contributed by atoms with Gasteiger partial charge in [0.15, 0.2) is 5.82 Å². The number of carbonyl (C=O) groups is 1. The maximum atomic E-state index is 12.3. The topological polar surface area (TPSA) is 98.7 Å². The summed E-state index contributed by atoms with van der Waals surface area (Å²) >= 11 is 2.87. The molecule has 9 heteroatoms. The largest absolute Gasteiger partial charge is 0.350 e. The Morgan fingerprint density at radius 1 is 1.09 bits per heavy atom.